The second kappa shape index (κ2) is 12.4. The van der Waals surface area contributed by atoms with E-state index in [1.807, 2.05) is 12.1 Å². The van der Waals surface area contributed by atoms with E-state index in [1.165, 1.54) is 69.8 Å². The first-order chi connectivity index (χ1) is 22.6. The molecule has 268 valence electrons. The highest BCUT2D eigenvalue weighted by molar-refractivity contribution is 7.91. The van der Waals surface area contributed by atoms with Gasteiger partial charge in [-0.15, -0.1) is 0 Å². The van der Waals surface area contributed by atoms with Crippen LogP contribution < -0.4 is 5.32 Å². The molecule has 1 aliphatic heterocycles. The molecule has 0 amide bonds. The number of carboxylic acids is 1. The van der Waals surface area contributed by atoms with Crippen molar-refractivity contribution in [3.05, 3.63) is 35.4 Å². The number of fused-ring (bicyclic) bond motifs is 7. The molecule has 1 aromatic carbocycles. The summed E-state index contributed by atoms with van der Waals surface area (Å²) in [6, 6.07) is 7.82. The molecule has 5 aliphatic carbocycles. The van der Waals surface area contributed by atoms with Crippen molar-refractivity contribution in [3.8, 4) is 0 Å². The molecule has 0 bridgehead atoms. The topological polar surface area (TPSA) is 86.7 Å². The number of sulfone groups is 1. The van der Waals surface area contributed by atoms with Crippen LogP contribution in [0.5, 0.6) is 0 Å². The van der Waals surface area contributed by atoms with E-state index >= 15 is 0 Å². The third-order valence-corrected chi connectivity index (χ3v) is 18.0. The zero-order chi connectivity index (χ0) is 34.3. The fourth-order valence-electron chi connectivity index (χ4n) is 14.3. The summed E-state index contributed by atoms with van der Waals surface area (Å²) in [4.78, 5) is 13.9. The fourth-order valence-corrected chi connectivity index (χ4v) is 15.5. The Morgan fingerprint density at radius 2 is 1.54 bits per heavy atom. The molecule has 2 N–H and O–H groups in total. The maximum Gasteiger partial charge on any atom is 0.335 e. The predicted octanol–water partition coefficient (Wildman–Crippen LogP) is 7.89. The molecule has 7 heteroatoms. The highest BCUT2D eigenvalue weighted by Crippen LogP contribution is 2.74. The minimum Gasteiger partial charge on any atom is -0.478 e. The van der Waals surface area contributed by atoms with Crippen LogP contribution in [-0.4, -0.2) is 67.6 Å². The Morgan fingerprint density at radius 1 is 0.875 bits per heavy atom. The summed E-state index contributed by atoms with van der Waals surface area (Å²) in [5.74, 6) is 5.59. The van der Waals surface area contributed by atoms with Crippen molar-refractivity contribution in [3.63, 3.8) is 0 Å². The third-order valence-electron chi connectivity index (χ3n) is 16.4. The van der Waals surface area contributed by atoms with Crippen molar-refractivity contribution < 1.29 is 18.3 Å². The monoisotopic (exact) mass is 680 g/mol. The Kier molecular flexibility index (Phi) is 9.01. The van der Waals surface area contributed by atoms with Gasteiger partial charge < -0.3 is 15.3 Å². The van der Waals surface area contributed by atoms with E-state index in [0.29, 0.717) is 58.7 Å². The second-order valence-corrected chi connectivity index (χ2v) is 21.2. The van der Waals surface area contributed by atoms with Gasteiger partial charge in [0.2, 0.25) is 0 Å². The smallest absolute Gasteiger partial charge is 0.335 e. The maximum atomic E-state index is 12.0. The van der Waals surface area contributed by atoms with E-state index in [1.54, 1.807) is 0 Å². The molecule has 7 rings (SSSR count). The van der Waals surface area contributed by atoms with E-state index in [9.17, 15) is 18.3 Å². The van der Waals surface area contributed by atoms with Gasteiger partial charge in [-0.2, -0.15) is 0 Å². The van der Waals surface area contributed by atoms with Gasteiger partial charge in [0.1, 0.15) is 0 Å². The van der Waals surface area contributed by atoms with Crippen LogP contribution >= 0.6 is 0 Å². The predicted molar refractivity (Wildman–Crippen MR) is 194 cm³/mol. The van der Waals surface area contributed by atoms with Crippen LogP contribution in [-0.2, 0) is 9.84 Å². The number of carboxylic acid groups (broad SMARTS) is 1. The van der Waals surface area contributed by atoms with E-state index < -0.39 is 15.8 Å². The SMILES string of the molecule is CC(C)[C@@H]1CC[C@]2(NCCN3CCS(=O)(=O)CC3)CCC3[C@H](CC[C@@H]4[C@@]5(C)CC[C@H](c6ccc(C(=O)O)cc6)C(C)(C)[C@@H]5CC[C@@]34C)[C@@H]12. The third kappa shape index (κ3) is 5.63. The first kappa shape index (κ1) is 35.0. The quantitative estimate of drug-likeness (QED) is 0.305. The molecule has 6 nitrogen and oxygen atoms in total. The molecule has 6 fully saturated rings. The summed E-state index contributed by atoms with van der Waals surface area (Å²) in [6.07, 6.45) is 13.2. The van der Waals surface area contributed by atoms with Crippen molar-refractivity contribution in [2.24, 2.45) is 57.7 Å². The van der Waals surface area contributed by atoms with Crippen LogP contribution in [0.25, 0.3) is 0 Å². The van der Waals surface area contributed by atoms with Crippen LogP contribution in [0.2, 0.25) is 0 Å². The number of aromatic carboxylic acids is 1. The Balaban J connectivity index is 1.10. The lowest BCUT2D eigenvalue weighted by Gasteiger charge is -2.70. The highest BCUT2D eigenvalue weighted by atomic mass is 32.2. The maximum absolute atomic E-state index is 12.0. The number of carbonyl (C=O) groups is 1. The lowest BCUT2D eigenvalue weighted by Crippen LogP contribution is -2.65. The molecule has 5 saturated carbocycles. The standard InChI is InChI=1S/C41H64N2O4S/c1-27(2)30-13-19-41(42-21-22-43-23-25-48(46,47)26-24-43)20-15-33-31(36(30)41)11-12-35-39(33,5)18-16-34-38(3,4)32(14-17-40(34,35)6)28-7-9-29(10-8-28)37(44)45/h7-10,27,30-36,42H,11-26H2,1-6H3,(H,44,45)/t30-,31-,32+,33?,34-,35-,36+,39-,40-,41-/m0/s1. The average Bonchev–Trinajstić information content (AvgIpc) is 3.42. The Hall–Kier alpha value is -1.44. The van der Waals surface area contributed by atoms with Crippen molar-refractivity contribution in [1.29, 1.82) is 0 Å². The molecule has 1 saturated heterocycles. The van der Waals surface area contributed by atoms with Crippen LogP contribution in [0, 0.1) is 57.7 Å². The fraction of sp³-hybridized carbons (Fsp3) is 0.829. The van der Waals surface area contributed by atoms with Gasteiger partial charge >= 0.3 is 5.97 Å². The van der Waals surface area contributed by atoms with Crippen molar-refractivity contribution in [2.75, 3.05) is 37.7 Å². The summed E-state index contributed by atoms with van der Waals surface area (Å²) in [5, 5.41) is 13.7. The summed E-state index contributed by atoms with van der Waals surface area (Å²) >= 11 is 0. The lowest BCUT2D eigenvalue weighted by atomic mass is 9.35. The molecule has 1 heterocycles. The summed E-state index contributed by atoms with van der Waals surface area (Å²) < 4.78 is 24.0. The molecule has 1 aromatic rings. The number of benzene rings is 1. The molecular formula is C41H64N2O4S. The molecular weight excluding hydrogens is 617 g/mol. The number of hydrogen-bond donors (Lipinski definition) is 2. The zero-order valence-corrected chi connectivity index (χ0v) is 31.6. The molecule has 0 aromatic heterocycles. The first-order valence-corrected chi connectivity index (χ1v) is 21.4. The number of nitrogens with zero attached hydrogens (tertiary/aromatic N) is 1. The van der Waals surface area contributed by atoms with E-state index in [4.69, 9.17) is 0 Å². The van der Waals surface area contributed by atoms with E-state index in [0.717, 1.165) is 42.7 Å². The van der Waals surface area contributed by atoms with Crippen LogP contribution in [0.4, 0.5) is 0 Å². The van der Waals surface area contributed by atoms with Crippen LogP contribution in [0.1, 0.15) is 128 Å². The summed E-state index contributed by atoms with van der Waals surface area (Å²) in [7, 11) is -2.84. The molecule has 6 aliphatic rings. The molecule has 48 heavy (non-hydrogen) atoms. The number of hydrogen-bond acceptors (Lipinski definition) is 5. The summed E-state index contributed by atoms with van der Waals surface area (Å²) in [5.41, 5.74) is 2.88. The Bertz CT molecular complexity index is 1460. The minimum atomic E-state index is -2.84. The van der Waals surface area contributed by atoms with Crippen molar-refractivity contribution >= 4 is 15.8 Å². The van der Waals surface area contributed by atoms with Gasteiger partial charge in [-0.1, -0.05) is 53.7 Å². The Morgan fingerprint density at radius 3 is 2.21 bits per heavy atom. The molecule has 0 radical (unpaired) electrons. The molecule has 1 unspecified atom stereocenters. The number of nitrogens with one attached hydrogen (secondary N) is 1. The second-order valence-electron chi connectivity index (χ2n) is 18.9. The average molecular weight is 681 g/mol. The van der Waals surface area contributed by atoms with Crippen LogP contribution in [0.15, 0.2) is 24.3 Å². The van der Waals surface area contributed by atoms with Crippen molar-refractivity contribution in [2.45, 2.75) is 117 Å². The highest BCUT2D eigenvalue weighted by Gasteiger charge is 2.67. The van der Waals surface area contributed by atoms with Gasteiger partial charge in [0.05, 0.1) is 17.1 Å². The van der Waals surface area contributed by atoms with Gasteiger partial charge in [-0.05, 0) is 145 Å². The van der Waals surface area contributed by atoms with Gasteiger partial charge in [0, 0.05) is 31.7 Å². The normalized spacial score (nSPS) is 43.5. The van der Waals surface area contributed by atoms with Gasteiger partial charge in [-0.3, -0.25) is 0 Å². The van der Waals surface area contributed by atoms with E-state index in [-0.39, 0.29) is 11.0 Å². The van der Waals surface area contributed by atoms with Crippen LogP contribution in [0.3, 0.4) is 0 Å². The van der Waals surface area contributed by atoms with Crippen molar-refractivity contribution in [1.82, 2.24) is 10.2 Å². The molecule has 10 atom stereocenters. The largest absolute Gasteiger partial charge is 0.478 e. The van der Waals surface area contributed by atoms with E-state index in [2.05, 4.69) is 63.9 Å². The first-order valence-electron chi connectivity index (χ1n) is 19.6. The number of rotatable bonds is 7. The lowest BCUT2D eigenvalue weighted by molar-refractivity contribution is -0.198. The van der Waals surface area contributed by atoms with Gasteiger partial charge in [0.25, 0.3) is 0 Å². The Labute approximate surface area is 291 Å². The minimum absolute atomic E-state index is 0.175. The summed E-state index contributed by atoms with van der Waals surface area (Å²) in [6.45, 7) is 18.8. The van der Waals surface area contributed by atoms with Gasteiger partial charge in [0.15, 0.2) is 9.84 Å². The zero-order valence-electron chi connectivity index (χ0n) is 30.8. The van der Waals surface area contributed by atoms with Gasteiger partial charge in [-0.25, -0.2) is 13.2 Å². The molecule has 0 spiro atoms.